The fourth-order valence-corrected chi connectivity index (χ4v) is 7.19. The maximum absolute atomic E-state index is 13.1. The largest absolute Gasteiger partial charge is 0.318 e. The van der Waals surface area contributed by atoms with Crippen molar-refractivity contribution in [1.29, 1.82) is 0 Å². The number of benzene rings is 2. The van der Waals surface area contributed by atoms with Gasteiger partial charge in [0, 0.05) is 25.2 Å². The van der Waals surface area contributed by atoms with Crippen molar-refractivity contribution < 1.29 is 13.2 Å². The van der Waals surface area contributed by atoms with E-state index in [0.29, 0.717) is 21.9 Å². The number of piperidine rings is 1. The molecule has 1 aromatic heterocycles. The van der Waals surface area contributed by atoms with E-state index in [-0.39, 0.29) is 10.9 Å². The molecule has 2 heterocycles. The highest BCUT2D eigenvalue weighted by molar-refractivity contribution is 7.89. The van der Waals surface area contributed by atoms with Crippen LogP contribution in [0.1, 0.15) is 43.0 Å². The number of rotatable bonds is 4. The summed E-state index contributed by atoms with van der Waals surface area (Å²) in [6, 6.07) is 11.7. The molecule has 1 aliphatic rings. The third-order valence-electron chi connectivity index (χ3n) is 5.72. The van der Waals surface area contributed by atoms with E-state index in [4.69, 9.17) is 11.6 Å². The number of hydrogen-bond donors (Lipinski definition) is 0. The molecule has 3 aromatic rings. The molecule has 0 aliphatic carbocycles. The zero-order valence-corrected chi connectivity index (χ0v) is 19.8. The van der Waals surface area contributed by atoms with Crippen LogP contribution in [0.3, 0.4) is 0 Å². The third kappa shape index (κ3) is 4.22. The second-order valence-electron chi connectivity index (χ2n) is 7.65. The third-order valence-corrected chi connectivity index (χ3v) is 9.09. The summed E-state index contributed by atoms with van der Waals surface area (Å²) < 4.78 is 30.6. The number of carbonyl (C=O) groups is 1. The van der Waals surface area contributed by atoms with Gasteiger partial charge in [-0.15, -0.1) is 0 Å². The average molecular weight is 478 g/mol. The van der Waals surface area contributed by atoms with E-state index in [1.54, 1.807) is 14.9 Å². The molecule has 1 unspecified atom stereocenters. The number of sulfonamides is 1. The van der Waals surface area contributed by atoms with Gasteiger partial charge >= 0.3 is 0 Å². The van der Waals surface area contributed by atoms with E-state index in [9.17, 15) is 13.2 Å². The Kier molecular flexibility index (Phi) is 6.35. The van der Waals surface area contributed by atoms with Crippen LogP contribution in [-0.4, -0.2) is 35.8 Å². The molecule has 1 aliphatic heterocycles. The number of halogens is 1. The monoisotopic (exact) mass is 477 g/mol. The second-order valence-corrected chi connectivity index (χ2v) is 11.0. The van der Waals surface area contributed by atoms with Crippen LogP contribution in [0.15, 0.2) is 52.4 Å². The molecule has 9 heteroatoms. The lowest BCUT2D eigenvalue weighted by molar-refractivity contribution is 0.0998. The normalized spacial score (nSPS) is 18.5. The van der Waals surface area contributed by atoms with Crippen LogP contribution >= 0.6 is 22.9 Å². The highest BCUT2D eigenvalue weighted by Crippen LogP contribution is 2.27. The summed E-state index contributed by atoms with van der Waals surface area (Å²) in [7, 11) is -1.76. The minimum atomic E-state index is -3.58. The lowest BCUT2D eigenvalue weighted by Gasteiger charge is -2.34. The molecule has 2 aromatic carbocycles. The predicted octanol–water partition coefficient (Wildman–Crippen LogP) is 4.59. The number of aromatic nitrogens is 1. The molecular formula is C22H24ClN3O3S2. The van der Waals surface area contributed by atoms with Gasteiger partial charge in [0.05, 0.1) is 20.1 Å². The van der Waals surface area contributed by atoms with Gasteiger partial charge in [0.25, 0.3) is 5.91 Å². The van der Waals surface area contributed by atoms with Crippen molar-refractivity contribution in [3.05, 3.63) is 57.9 Å². The van der Waals surface area contributed by atoms with Crippen LogP contribution < -0.4 is 4.80 Å². The standard InChI is InChI=1S/C22H24ClN3O3S2/c1-3-16-7-4-5-14-26(16)31(28,29)17-12-10-15(11-13-17)21(27)24-22-25(2)20-18(23)8-6-9-19(20)30-22/h6,8-13,16H,3-5,7,14H2,1-2H3. The first kappa shape index (κ1) is 22.2. The fourth-order valence-electron chi connectivity index (χ4n) is 4.02. The maximum atomic E-state index is 13.1. The summed E-state index contributed by atoms with van der Waals surface area (Å²) in [6.07, 6.45) is 3.62. The van der Waals surface area contributed by atoms with Crippen molar-refractivity contribution in [1.82, 2.24) is 8.87 Å². The van der Waals surface area contributed by atoms with E-state index >= 15 is 0 Å². The van der Waals surface area contributed by atoms with Gasteiger partial charge in [-0.1, -0.05) is 42.3 Å². The molecule has 1 fully saturated rings. The Morgan fingerprint density at radius 2 is 1.94 bits per heavy atom. The smallest absolute Gasteiger partial charge is 0.279 e. The summed E-state index contributed by atoms with van der Waals surface area (Å²) in [6.45, 7) is 2.56. The topological polar surface area (TPSA) is 71.7 Å². The lowest BCUT2D eigenvalue weighted by atomic mass is 10.0. The highest BCUT2D eigenvalue weighted by atomic mass is 35.5. The summed E-state index contributed by atoms with van der Waals surface area (Å²) >= 11 is 7.65. The molecule has 4 rings (SSSR count). The Bertz CT molecular complexity index is 1290. The second kappa shape index (κ2) is 8.86. The summed E-state index contributed by atoms with van der Waals surface area (Å²) in [5.74, 6) is -0.424. The summed E-state index contributed by atoms with van der Waals surface area (Å²) in [5.41, 5.74) is 1.17. The van der Waals surface area contributed by atoms with E-state index in [1.807, 2.05) is 26.1 Å². The number of aryl methyl sites for hydroxylation is 1. The first-order chi connectivity index (χ1) is 14.8. The van der Waals surface area contributed by atoms with Crippen LogP contribution in [0.25, 0.3) is 10.2 Å². The molecule has 0 radical (unpaired) electrons. The number of thiazole rings is 1. The van der Waals surface area contributed by atoms with Crippen LogP contribution in [0.5, 0.6) is 0 Å². The van der Waals surface area contributed by atoms with Gasteiger partial charge in [-0.05, 0) is 55.7 Å². The number of hydrogen-bond acceptors (Lipinski definition) is 4. The van der Waals surface area contributed by atoms with Crippen LogP contribution in [0.2, 0.25) is 5.02 Å². The van der Waals surface area contributed by atoms with Crippen LogP contribution in [0.4, 0.5) is 0 Å². The van der Waals surface area contributed by atoms with Crippen LogP contribution in [0, 0.1) is 0 Å². The number of nitrogens with zero attached hydrogens (tertiary/aromatic N) is 3. The highest BCUT2D eigenvalue weighted by Gasteiger charge is 2.32. The van der Waals surface area contributed by atoms with Crippen molar-refractivity contribution in [2.24, 2.45) is 12.0 Å². The quantitative estimate of drug-likeness (QED) is 0.551. The molecule has 6 nitrogen and oxygen atoms in total. The Balaban J connectivity index is 1.63. The van der Waals surface area contributed by atoms with Gasteiger partial charge in [-0.2, -0.15) is 9.30 Å². The van der Waals surface area contributed by atoms with Crippen molar-refractivity contribution in [3.63, 3.8) is 0 Å². The Morgan fingerprint density at radius 1 is 1.19 bits per heavy atom. The van der Waals surface area contributed by atoms with Gasteiger partial charge in [-0.25, -0.2) is 8.42 Å². The van der Waals surface area contributed by atoms with Gasteiger partial charge < -0.3 is 4.57 Å². The fraction of sp³-hybridized carbons (Fsp3) is 0.364. The number of carbonyl (C=O) groups excluding carboxylic acids is 1. The van der Waals surface area contributed by atoms with E-state index in [2.05, 4.69) is 4.99 Å². The molecule has 31 heavy (non-hydrogen) atoms. The molecule has 0 N–H and O–H groups in total. The van der Waals surface area contributed by atoms with E-state index in [0.717, 1.165) is 35.9 Å². The molecule has 1 amide bonds. The summed E-state index contributed by atoms with van der Waals surface area (Å²) in [5, 5.41) is 0.600. The SMILES string of the molecule is CCC1CCCCN1S(=O)(=O)c1ccc(C(=O)N=c2sc3cccc(Cl)c3n2C)cc1. The molecule has 1 atom stereocenters. The van der Waals surface area contributed by atoms with Gasteiger partial charge in [-0.3, -0.25) is 4.79 Å². The van der Waals surface area contributed by atoms with E-state index in [1.165, 1.54) is 35.6 Å². The van der Waals surface area contributed by atoms with Gasteiger partial charge in [0.1, 0.15) is 0 Å². The molecule has 164 valence electrons. The van der Waals surface area contributed by atoms with Crippen LogP contribution in [-0.2, 0) is 17.1 Å². The molecule has 0 spiro atoms. The van der Waals surface area contributed by atoms with Crippen molar-refractivity contribution in [2.75, 3.05) is 6.54 Å². The Hall–Kier alpha value is -2.00. The minimum Gasteiger partial charge on any atom is -0.318 e. The number of amides is 1. The average Bonchev–Trinajstić information content (AvgIpc) is 3.10. The minimum absolute atomic E-state index is 0.0369. The first-order valence-corrected chi connectivity index (χ1v) is 12.9. The zero-order chi connectivity index (χ0) is 22.2. The zero-order valence-electron chi connectivity index (χ0n) is 17.4. The maximum Gasteiger partial charge on any atom is 0.279 e. The summed E-state index contributed by atoms with van der Waals surface area (Å²) in [4.78, 5) is 17.7. The molecule has 1 saturated heterocycles. The lowest BCUT2D eigenvalue weighted by Crippen LogP contribution is -2.43. The van der Waals surface area contributed by atoms with Crippen molar-refractivity contribution in [2.45, 2.75) is 43.5 Å². The predicted molar refractivity (Wildman–Crippen MR) is 124 cm³/mol. The number of fused-ring (bicyclic) bond motifs is 1. The molecule has 0 saturated carbocycles. The van der Waals surface area contributed by atoms with Crippen molar-refractivity contribution >= 4 is 49.1 Å². The Morgan fingerprint density at radius 3 is 2.61 bits per heavy atom. The van der Waals surface area contributed by atoms with E-state index < -0.39 is 15.9 Å². The Labute approximate surface area is 190 Å². The number of para-hydroxylation sites is 1. The van der Waals surface area contributed by atoms with Gasteiger partial charge in [0.15, 0.2) is 4.80 Å². The van der Waals surface area contributed by atoms with Gasteiger partial charge in [0.2, 0.25) is 10.0 Å². The first-order valence-electron chi connectivity index (χ1n) is 10.3. The van der Waals surface area contributed by atoms with Crippen molar-refractivity contribution in [3.8, 4) is 0 Å². The molecule has 0 bridgehead atoms. The molecular weight excluding hydrogens is 454 g/mol.